The highest BCUT2D eigenvalue weighted by Gasteiger charge is 2.39. The fourth-order valence-electron chi connectivity index (χ4n) is 3.42. The third-order valence-corrected chi connectivity index (χ3v) is 4.60. The minimum absolute atomic E-state index is 0.105. The number of rotatable bonds is 2. The number of nitrogens with zero attached hydrogens (tertiary/aromatic N) is 1. The monoisotopic (exact) mass is 289 g/mol. The molecule has 5 heteroatoms. The minimum Gasteiger partial charge on any atom is -0.492 e. The maximum atomic E-state index is 12.6. The van der Waals surface area contributed by atoms with E-state index in [9.17, 15) is 9.59 Å². The Kier molecular flexibility index (Phi) is 3.24. The predicted molar refractivity (Wildman–Crippen MR) is 76.7 cm³/mol. The number of aromatic nitrogens is 1. The van der Waals surface area contributed by atoms with Gasteiger partial charge in [0.2, 0.25) is 11.6 Å². The third-order valence-electron chi connectivity index (χ3n) is 4.60. The molecule has 1 aromatic heterocycles. The molecule has 21 heavy (non-hydrogen) atoms. The summed E-state index contributed by atoms with van der Waals surface area (Å²) in [5, 5.41) is 0. The number of hydrogen-bond acceptors (Lipinski definition) is 4. The van der Waals surface area contributed by atoms with Crippen LogP contribution >= 0.6 is 0 Å². The highest BCUT2D eigenvalue weighted by Crippen LogP contribution is 2.35. The second-order valence-corrected chi connectivity index (χ2v) is 5.61. The molecule has 1 atom stereocenters. The van der Waals surface area contributed by atoms with Crippen LogP contribution in [0.5, 0.6) is 0 Å². The zero-order chi connectivity index (χ0) is 15.3. The van der Waals surface area contributed by atoms with E-state index in [0.717, 1.165) is 24.1 Å². The van der Waals surface area contributed by atoms with E-state index in [2.05, 4.69) is 0 Å². The first-order chi connectivity index (χ1) is 10.0. The zero-order valence-electron chi connectivity index (χ0n) is 12.8. The van der Waals surface area contributed by atoms with Gasteiger partial charge in [-0.2, -0.15) is 0 Å². The lowest BCUT2D eigenvalue weighted by Gasteiger charge is -2.25. The van der Waals surface area contributed by atoms with Gasteiger partial charge >= 0.3 is 0 Å². The third kappa shape index (κ3) is 1.80. The van der Waals surface area contributed by atoms with E-state index in [-0.39, 0.29) is 23.4 Å². The van der Waals surface area contributed by atoms with Crippen LogP contribution in [0.2, 0.25) is 0 Å². The number of ether oxygens (including phenoxy) is 2. The summed E-state index contributed by atoms with van der Waals surface area (Å²) in [5.41, 5.74) is 3.34. The van der Waals surface area contributed by atoms with Crippen molar-refractivity contribution in [2.45, 2.75) is 39.3 Å². The van der Waals surface area contributed by atoms with Crippen molar-refractivity contribution in [1.29, 1.82) is 0 Å². The van der Waals surface area contributed by atoms with Crippen molar-refractivity contribution in [2.75, 3.05) is 14.2 Å². The van der Waals surface area contributed by atoms with Gasteiger partial charge in [-0.05, 0) is 25.8 Å². The summed E-state index contributed by atoms with van der Waals surface area (Å²) in [6.07, 6.45) is 1.73. The van der Waals surface area contributed by atoms with Crippen LogP contribution in [0.25, 0.3) is 0 Å². The quantitative estimate of drug-likeness (QED) is 0.836. The van der Waals surface area contributed by atoms with Crippen LogP contribution in [0, 0.1) is 6.92 Å². The van der Waals surface area contributed by atoms with Crippen LogP contribution in [-0.4, -0.2) is 36.5 Å². The maximum absolute atomic E-state index is 12.6. The molecule has 0 saturated carbocycles. The van der Waals surface area contributed by atoms with Gasteiger partial charge in [0.25, 0.3) is 0 Å². The first-order valence-electron chi connectivity index (χ1n) is 7.10. The van der Waals surface area contributed by atoms with Gasteiger partial charge in [0.1, 0.15) is 5.69 Å². The van der Waals surface area contributed by atoms with E-state index >= 15 is 0 Å². The number of fused-ring (bicyclic) bond motifs is 3. The highest BCUT2D eigenvalue weighted by atomic mass is 16.5. The van der Waals surface area contributed by atoms with Gasteiger partial charge in [-0.3, -0.25) is 9.59 Å². The number of carbonyl (C=O) groups excluding carboxylic acids is 2. The number of carbonyl (C=O) groups is 2. The van der Waals surface area contributed by atoms with Crippen molar-refractivity contribution >= 4 is 11.6 Å². The number of methoxy groups -OCH3 is 2. The van der Waals surface area contributed by atoms with Crippen molar-refractivity contribution in [1.82, 2.24) is 4.57 Å². The van der Waals surface area contributed by atoms with E-state index in [1.54, 1.807) is 14.0 Å². The molecule has 0 saturated heterocycles. The van der Waals surface area contributed by atoms with Gasteiger partial charge in [-0.15, -0.1) is 0 Å². The number of Topliss-reactive ketones (excluding diaryl/α,β-unsaturated/α-hetero) is 2. The van der Waals surface area contributed by atoms with Crippen molar-refractivity contribution in [3.05, 3.63) is 33.8 Å². The average Bonchev–Trinajstić information content (AvgIpc) is 2.78. The van der Waals surface area contributed by atoms with E-state index < -0.39 is 0 Å². The maximum Gasteiger partial charge on any atom is 0.230 e. The number of allylic oxidation sites excluding steroid dienone is 2. The first kappa shape index (κ1) is 14.1. The van der Waals surface area contributed by atoms with Crippen LogP contribution in [0.3, 0.4) is 0 Å². The Morgan fingerprint density at radius 1 is 1.14 bits per heavy atom. The molecule has 0 N–H and O–H groups in total. The Morgan fingerprint density at radius 3 is 2.48 bits per heavy atom. The summed E-state index contributed by atoms with van der Waals surface area (Å²) in [6, 6.07) is 0. The molecular formula is C16H19NO4. The largest absolute Gasteiger partial charge is 0.492 e. The van der Waals surface area contributed by atoms with Crippen molar-refractivity contribution < 1.29 is 19.1 Å². The fourth-order valence-corrected chi connectivity index (χ4v) is 3.42. The number of hydrogen-bond donors (Lipinski definition) is 0. The van der Waals surface area contributed by atoms with Crippen molar-refractivity contribution in [3.63, 3.8) is 0 Å². The Morgan fingerprint density at radius 2 is 1.86 bits per heavy atom. The van der Waals surface area contributed by atoms with Gasteiger partial charge in [-0.25, -0.2) is 0 Å². The normalized spacial score (nSPS) is 21.4. The molecular weight excluding hydrogens is 270 g/mol. The predicted octanol–water partition coefficient (Wildman–Crippen LogP) is 2.06. The van der Waals surface area contributed by atoms with Crippen LogP contribution in [-0.2, 0) is 22.4 Å². The highest BCUT2D eigenvalue weighted by molar-refractivity contribution is 6.26. The van der Waals surface area contributed by atoms with Crippen LogP contribution < -0.4 is 0 Å². The molecule has 0 fully saturated rings. The van der Waals surface area contributed by atoms with Gasteiger partial charge < -0.3 is 14.0 Å². The van der Waals surface area contributed by atoms with Crippen LogP contribution in [0.15, 0.2) is 11.3 Å². The standard InChI is InChI=1S/C16H19NO4/c1-8-11-7-10(20-3)5-6-17(11)13-12(8)15(19)16(21-4)9(2)14(13)18/h10H,5-7H2,1-4H3. The summed E-state index contributed by atoms with van der Waals surface area (Å²) in [4.78, 5) is 25.2. The van der Waals surface area contributed by atoms with Gasteiger partial charge in [0.15, 0.2) is 5.76 Å². The topological polar surface area (TPSA) is 57.5 Å². The van der Waals surface area contributed by atoms with Crippen molar-refractivity contribution in [3.8, 4) is 0 Å². The second kappa shape index (κ2) is 4.84. The summed E-state index contributed by atoms with van der Waals surface area (Å²) < 4.78 is 12.6. The number of ketones is 2. The molecule has 1 aliphatic carbocycles. The molecule has 0 amide bonds. The van der Waals surface area contributed by atoms with E-state index in [0.29, 0.717) is 23.4 Å². The molecule has 112 valence electrons. The second-order valence-electron chi connectivity index (χ2n) is 5.61. The summed E-state index contributed by atoms with van der Waals surface area (Å²) in [6.45, 7) is 4.26. The molecule has 5 nitrogen and oxygen atoms in total. The smallest absolute Gasteiger partial charge is 0.230 e. The van der Waals surface area contributed by atoms with E-state index in [4.69, 9.17) is 9.47 Å². The molecule has 0 radical (unpaired) electrons. The molecule has 1 aliphatic heterocycles. The van der Waals surface area contributed by atoms with Gasteiger partial charge in [0, 0.05) is 31.3 Å². The van der Waals surface area contributed by atoms with Gasteiger partial charge in [-0.1, -0.05) is 0 Å². The Balaban J connectivity index is 2.21. The molecule has 0 spiro atoms. The van der Waals surface area contributed by atoms with Crippen molar-refractivity contribution in [2.24, 2.45) is 0 Å². The Bertz CT molecular complexity index is 681. The Hall–Kier alpha value is -1.88. The van der Waals surface area contributed by atoms with E-state index in [1.807, 2.05) is 11.5 Å². The SMILES string of the molecule is COC1=C(C)C(=O)c2c(c(C)c3n2CCC(OC)C3)C1=O. The molecule has 1 unspecified atom stereocenters. The lowest BCUT2D eigenvalue weighted by molar-refractivity contribution is 0.0792. The molecule has 2 aliphatic rings. The van der Waals surface area contributed by atoms with Gasteiger partial charge in [0.05, 0.1) is 18.8 Å². The summed E-state index contributed by atoms with van der Waals surface area (Å²) in [7, 11) is 3.13. The lowest BCUT2D eigenvalue weighted by Crippen LogP contribution is -2.28. The van der Waals surface area contributed by atoms with Crippen LogP contribution in [0.1, 0.15) is 45.4 Å². The summed E-state index contributed by atoms with van der Waals surface area (Å²) >= 11 is 0. The van der Waals surface area contributed by atoms with Crippen LogP contribution in [0.4, 0.5) is 0 Å². The van der Waals surface area contributed by atoms with E-state index in [1.165, 1.54) is 7.11 Å². The summed E-state index contributed by atoms with van der Waals surface area (Å²) in [5.74, 6) is -0.119. The molecule has 2 heterocycles. The molecule has 0 aromatic carbocycles. The molecule has 0 bridgehead atoms. The molecule has 3 rings (SSSR count). The molecule has 1 aromatic rings. The Labute approximate surface area is 123 Å². The average molecular weight is 289 g/mol. The first-order valence-corrected chi connectivity index (χ1v) is 7.10. The lowest BCUT2D eigenvalue weighted by atomic mass is 9.91. The minimum atomic E-state index is -0.182. The zero-order valence-corrected chi connectivity index (χ0v) is 12.8. The fraction of sp³-hybridized carbons (Fsp3) is 0.500.